The van der Waals surface area contributed by atoms with E-state index in [4.69, 9.17) is 69.6 Å². The van der Waals surface area contributed by atoms with Gasteiger partial charge in [-0.3, -0.25) is 0 Å². The van der Waals surface area contributed by atoms with E-state index in [1.807, 2.05) is 30.3 Å². The first kappa shape index (κ1) is 19.9. The summed E-state index contributed by atoms with van der Waals surface area (Å²) in [5.74, 6) is 0.366. The van der Waals surface area contributed by atoms with E-state index in [9.17, 15) is 0 Å². The van der Waals surface area contributed by atoms with E-state index in [0.29, 0.717) is 28.1 Å². The number of benzene rings is 2. The highest BCUT2D eigenvalue weighted by molar-refractivity contribution is 6.68. The second kappa shape index (κ2) is 7.67. The van der Waals surface area contributed by atoms with Crippen LogP contribution >= 0.6 is 69.6 Å². The Kier molecular flexibility index (Phi) is 5.88. The van der Waals surface area contributed by atoms with Crippen molar-refractivity contribution >= 4 is 69.6 Å². The minimum absolute atomic E-state index is 0.332. The van der Waals surface area contributed by atoms with Gasteiger partial charge in [0.25, 0.3) is 0 Å². The van der Waals surface area contributed by atoms with E-state index in [2.05, 4.69) is 15.0 Å². The molecule has 0 bridgehead atoms. The summed E-state index contributed by atoms with van der Waals surface area (Å²) >= 11 is 37.0. The van der Waals surface area contributed by atoms with Crippen LogP contribution in [0.1, 0.15) is 11.1 Å². The molecule has 3 rings (SSSR count). The zero-order chi connectivity index (χ0) is 18.9. The highest BCUT2D eigenvalue weighted by Crippen LogP contribution is 2.50. The molecule has 0 spiro atoms. The minimum atomic E-state index is -1.76. The molecule has 3 aromatic rings. The maximum Gasteiger partial charge on any atom is 0.216 e. The Hall–Kier alpha value is -0.810. The predicted molar refractivity (Wildman–Crippen MR) is 109 cm³/mol. The van der Waals surface area contributed by atoms with Gasteiger partial charge in [0.15, 0.2) is 5.82 Å². The summed E-state index contributed by atoms with van der Waals surface area (Å²) in [6.07, 6.45) is 2.74. The van der Waals surface area contributed by atoms with Crippen LogP contribution in [0.3, 0.4) is 0 Å². The normalized spacial score (nSPS) is 12.2. The van der Waals surface area contributed by atoms with Crippen molar-refractivity contribution in [3.63, 3.8) is 0 Å². The van der Waals surface area contributed by atoms with Crippen molar-refractivity contribution in [2.75, 3.05) is 0 Å². The molecule has 134 valence electrons. The lowest BCUT2D eigenvalue weighted by Crippen LogP contribution is -2.10. The molecule has 1 aromatic heterocycles. The van der Waals surface area contributed by atoms with Crippen LogP contribution in [-0.2, 0) is 7.59 Å². The Morgan fingerprint density at radius 3 is 1.88 bits per heavy atom. The maximum atomic E-state index is 6.24. The van der Waals surface area contributed by atoms with Gasteiger partial charge in [0.05, 0.1) is 0 Å². The maximum absolute atomic E-state index is 6.24. The van der Waals surface area contributed by atoms with Crippen molar-refractivity contribution in [2.45, 2.75) is 7.59 Å². The van der Waals surface area contributed by atoms with E-state index >= 15 is 0 Å². The molecule has 3 nitrogen and oxygen atoms in total. The summed E-state index contributed by atoms with van der Waals surface area (Å²) in [4.78, 5) is 12.2. The standard InChI is InChI=1S/C17H9Cl6N3/c18-16(19,20)11-6-12(15-25-8-24-9-26-15)14(10-4-2-1-3-5-10)13(7-11)17(21,22)23/h1-9H. The van der Waals surface area contributed by atoms with Gasteiger partial charge in [-0.25, -0.2) is 15.0 Å². The molecule has 0 saturated carbocycles. The third-order valence-corrected chi connectivity index (χ3v) is 4.83. The first-order chi connectivity index (χ1) is 12.2. The molecule has 0 aliphatic rings. The Labute approximate surface area is 180 Å². The molecular formula is C17H9Cl6N3. The Bertz CT molecular complexity index is 906. The molecule has 0 N–H and O–H groups in total. The molecule has 0 saturated heterocycles. The highest BCUT2D eigenvalue weighted by Gasteiger charge is 2.33. The topological polar surface area (TPSA) is 38.7 Å². The molecule has 0 fully saturated rings. The zero-order valence-electron chi connectivity index (χ0n) is 12.8. The van der Waals surface area contributed by atoms with Crippen molar-refractivity contribution in [1.82, 2.24) is 15.0 Å². The van der Waals surface area contributed by atoms with Crippen molar-refractivity contribution < 1.29 is 0 Å². The second-order valence-corrected chi connectivity index (χ2v) is 9.83. The summed E-state index contributed by atoms with van der Waals surface area (Å²) in [7, 11) is 0. The average molecular weight is 468 g/mol. The lowest BCUT2D eigenvalue weighted by atomic mass is 9.92. The predicted octanol–water partition coefficient (Wildman–Crippen LogP) is 6.86. The van der Waals surface area contributed by atoms with Crippen LogP contribution in [0.15, 0.2) is 55.1 Å². The summed E-state index contributed by atoms with van der Waals surface area (Å²) in [6.45, 7) is 0. The first-order valence-electron chi connectivity index (χ1n) is 7.18. The van der Waals surface area contributed by atoms with Crippen molar-refractivity contribution in [3.8, 4) is 22.5 Å². The molecular weight excluding hydrogens is 459 g/mol. The van der Waals surface area contributed by atoms with Gasteiger partial charge in [0.2, 0.25) is 7.59 Å². The number of hydrogen-bond donors (Lipinski definition) is 0. The number of hydrogen-bond acceptors (Lipinski definition) is 3. The molecule has 0 unspecified atom stereocenters. The third kappa shape index (κ3) is 4.36. The van der Waals surface area contributed by atoms with Crippen LogP contribution < -0.4 is 0 Å². The van der Waals surface area contributed by atoms with Crippen LogP contribution in [0, 0.1) is 0 Å². The zero-order valence-corrected chi connectivity index (χ0v) is 17.3. The molecule has 0 aliphatic carbocycles. The van der Waals surface area contributed by atoms with Gasteiger partial charge < -0.3 is 0 Å². The van der Waals surface area contributed by atoms with Crippen molar-refractivity contribution in [2.24, 2.45) is 0 Å². The van der Waals surface area contributed by atoms with Gasteiger partial charge in [0, 0.05) is 22.3 Å². The fourth-order valence-corrected chi connectivity index (χ4v) is 3.27. The lowest BCUT2D eigenvalue weighted by molar-refractivity contribution is 1.05. The highest BCUT2D eigenvalue weighted by atomic mass is 35.6. The number of nitrogens with zero attached hydrogens (tertiary/aromatic N) is 3. The quantitative estimate of drug-likeness (QED) is 0.386. The average Bonchev–Trinajstić information content (AvgIpc) is 2.60. The number of rotatable bonds is 2. The van der Waals surface area contributed by atoms with Gasteiger partial charge in [-0.1, -0.05) is 99.9 Å². The van der Waals surface area contributed by atoms with E-state index in [0.717, 1.165) is 5.56 Å². The van der Waals surface area contributed by atoms with Crippen molar-refractivity contribution in [1.29, 1.82) is 0 Å². The van der Waals surface area contributed by atoms with Crippen molar-refractivity contribution in [3.05, 3.63) is 66.2 Å². The lowest BCUT2D eigenvalue weighted by Gasteiger charge is -2.23. The first-order valence-corrected chi connectivity index (χ1v) is 9.45. The summed E-state index contributed by atoms with van der Waals surface area (Å²) < 4.78 is -3.49. The fourth-order valence-electron chi connectivity index (χ4n) is 2.50. The molecule has 2 aromatic carbocycles. The third-order valence-electron chi connectivity index (χ3n) is 3.57. The van der Waals surface area contributed by atoms with Gasteiger partial charge in [-0.2, -0.15) is 0 Å². The smallest absolute Gasteiger partial charge is 0.216 e. The van der Waals surface area contributed by atoms with Gasteiger partial charge in [-0.15, -0.1) is 0 Å². The molecule has 0 radical (unpaired) electrons. The Balaban J connectivity index is 2.43. The van der Waals surface area contributed by atoms with E-state index in [-0.39, 0.29) is 0 Å². The van der Waals surface area contributed by atoms with Crippen LogP contribution in [0.25, 0.3) is 22.5 Å². The Morgan fingerprint density at radius 2 is 1.35 bits per heavy atom. The molecule has 0 aliphatic heterocycles. The van der Waals surface area contributed by atoms with Gasteiger partial charge in [-0.05, 0) is 17.7 Å². The van der Waals surface area contributed by atoms with Gasteiger partial charge >= 0.3 is 0 Å². The fraction of sp³-hybridized carbons (Fsp3) is 0.118. The number of halogens is 6. The summed E-state index contributed by atoms with van der Waals surface area (Å²) in [5, 5.41) is 0. The SMILES string of the molecule is ClC(Cl)(Cl)c1cc(-c2ncncn2)c(-c2ccccc2)c(C(Cl)(Cl)Cl)c1. The number of alkyl halides is 6. The molecule has 9 heteroatoms. The van der Waals surface area contributed by atoms with E-state index in [1.165, 1.54) is 12.7 Å². The van der Waals surface area contributed by atoms with E-state index in [1.54, 1.807) is 12.1 Å². The Morgan fingerprint density at radius 1 is 0.731 bits per heavy atom. The van der Waals surface area contributed by atoms with Crippen LogP contribution in [0.4, 0.5) is 0 Å². The molecule has 1 heterocycles. The van der Waals surface area contributed by atoms with Gasteiger partial charge in [0.1, 0.15) is 12.7 Å². The van der Waals surface area contributed by atoms with Crippen LogP contribution in [0.2, 0.25) is 0 Å². The number of aromatic nitrogens is 3. The summed E-state index contributed by atoms with van der Waals surface area (Å²) in [6, 6.07) is 12.6. The monoisotopic (exact) mass is 465 g/mol. The second-order valence-electron chi connectivity index (χ2n) is 5.27. The molecule has 0 amide bonds. The van der Waals surface area contributed by atoms with E-state index < -0.39 is 7.59 Å². The summed E-state index contributed by atoms with van der Waals surface area (Å²) in [5.41, 5.74) is 2.69. The minimum Gasteiger partial charge on any atom is -0.225 e. The molecule has 26 heavy (non-hydrogen) atoms. The molecule has 0 atom stereocenters. The van der Waals surface area contributed by atoms with Crippen LogP contribution in [0.5, 0.6) is 0 Å². The largest absolute Gasteiger partial charge is 0.225 e. The van der Waals surface area contributed by atoms with Crippen LogP contribution in [-0.4, -0.2) is 15.0 Å².